The first-order valence-electron chi connectivity index (χ1n) is 8.62. The average molecular weight is 326 g/mol. The average Bonchev–Trinajstić information content (AvgIpc) is 2.78. The van der Waals surface area contributed by atoms with Gasteiger partial charge < -0.3 is 9.47 Å². The fourth-order valence-corrected chi connectivity index (χ4v) is 3.86. The van der Waals surface area contributed by atoms with Crippen molar-refractivity contribution < 1.29 is 14.3 Å². The van der Waals surface area contributed by atoms with Crippen molar-refractivity contribution in [3.63, 3.8) is 0 Å². The van der Waals surface area contributed by atoms with Crippen LogP contribution in [0.25, 0.3) is 10.8 Å². The largest absolute Gasteiger partial charge is 0.383 e. The van der Waals surface area contributed by atoms with Crippen LogP contribution in [-0.4, -0.2) is 33.2 Å². The molecule has 0 unspecified atom stereocenters. The Morgan fingerprint density at radius 2 is 1.79 bits per heavy atom. The van der Waals surface area contributed by atoms with E-state index in [2.05, 4.69) is 32.0 Å². The van der Waals surface area contributed by atoms with Crippen molar-refractivity contribution in [3.05, 3.63) is 47.0 Å². The van der Waals surface area contributed by atoms with Gasteiger partial charge in [0.1, 0.15) is 5.41 Å². The molecule has 3 rings (SSSR count). The van der Waals surface area contributed by atoms with Gasteiger partial charge in [-0.15, -0.1) is 0 Å². The Hall–Kier alpha value is -1.71. The topological polar surface area (TPSA) is 35.5 Å². The molecule has 0 saturated heterocycles. The van der Waals surface area contributed by atoms with E-state index in [1.807, 2.05) is 12.1 Å². The SMILES string of the molecule is COCC1(COC)C(=O)c2cccc3cc(CCC(C)C)cc1c23. The Morgan fingerprint density at radius 1 is 1.08 bits per heavy atom. The molecule has 128 valence electrons. The van der Waals surface area contributed by atoms with E-state index in [0.717, 1.165) is 34.7 Å². The number of carbonyl (C=O) groups is 1. The highest BCUT2D eigenvalue weighted by molar-refractivity contribution is 6.20. The summed E-state index contributed by atoms with van der Waals surface area (Å²) >= 11 is 0. The normalized spacial score (nSPS) is 15.6. The molecule has 2 aromatic rings. The molecule has 0 N–H and O–H groups in total. The van der Waals surface area contributed by atoms with Crippen molar-refractivity contribution in [1.82, 2.24) is 0 Å². The van der Waals surface area contributed by atoms with Gasteiger partial charge in [-0.05, 0) is 40.7 Å². The van der Waals surface area contributed by atoms with Gasteiger partial charge in [-0.2, -0.15) is 0 Å². The number of benzene rings is 2. The summed E-state index contributed by atoms with van der Waals surface area (Å²) in [5.74, 6) is 0.776. The molecule has 0 aliphatic heterocycles. The second kappa shape index (κ2) is 6.66. The molecule has 1 aliphatic rings. The molecule has 0 heterocycles. The molecule has 0 saturated carbocycles. The number of hydrogen-bond acceptors (Lipinski definition) is 3. The number of ether oxygens (including phenoxy) is 2. The third kappa shape index (κ3) is 2.66. The van der Waals surface area contributed by atoms with E-state index in [-0.39, 0.29) is 5.78 Å². The van der Waals surface area contributed by atoms with Crippen molar-refractivity contribution in [3.8, 4) is 0 Å². The number of methoxy groups -OCH3 is 2. The zero-order valence-corrected chi connectivity index (χ0v) is 15.0. The molecule has 0 bridgehead atoms. The van der Waals surface area contributed by atoms with E-state index < -0.39 is 5.41 Å². The molecule has 0 radical (unpaired) electrons. The quantitative estimate of drug-likeness (QED) is 0.766. The van der Waals surface area contributed by atoms with Crippen LogP contribution in [0.15, 0.2) is 30.3 Å². The highest BCUT2D eigenvalue weighted by Gasteiger charge is 2.47. The summed E-state index contributed by atoms with van der Waals surface area (Å²) < 4.78 is 10.9. The molecule has 2 aromatic carbocycles. The summed E-state index contributed by atoms with van der Waals surface area (Å²) in [7, 11) is 3.29. The molecule has 0 amide bonds. The second-order valence-corrected chi connectivity index (χ2v) is 7.26. The molecule has 3 heteroatoms. The zero-order chi connectivity index (χ0) is 17.3. The third-order valence-electron chi connectivity index (χ3n) is 5.02. The molecule has 24 heavy (non-hydrogen) atoms. The van der Waals surface area contributed by atoms with Crippen LogP contribution in [-0.2, 0) is 21.3 Å². The highest BCUT2D eigenvalue weighted by atomic mass is 16.5. The van der Waals surface area contributed by atoms with E-state index in [0.29, 0.717) is 19.1 Å². The molecular weight excluding hydrogens is 300 g/mol. The number of ketones is 1. The Morgan fingerprint density at radius 3 is 2.42 bits per heavy atom. The van der Waals surface area contributed by atoms with E-state index in [4.69, 9.17) is 9.47 Å². The van der Waals surface area contributed by atoms with Gasteiger partial charge >= 0.3 is 0 Å². The van der Waals surface area contributed by atoms with Gasteiger partial charge in [0.25, 0.3) is 0 Å². The van der Waals surface area contributed by atoms with Crippen LogP contribution in [0.3, 0.4) is 0 Å². The van der Waals surface area contributed by atoms with Crippen LogP contribution in [0.2, 0.25) is 0 Å². The summed E-state index contributed by atoms with van der Waals surface area (Å²) in [4.78, 5) is 13.2. The van der Waals surface area contributed by atoms with E-state index in [9.17, 15) is 4.79 Å². The monoisotopic (exact) mass is 326 g/mol. The first-order chi connectivity index (χ1) is 11.5. The van der Waals surface area contributed by atoms with Gasteiger partial charge in [-0.25, -0.2) is 0 Å². The standard InChI is InChI=1S/C21H26O3/c1-14(2)8-9-15-10-16-6-5-7-17-19(16)18(11-15)21(12-23-3,13-24-4)20(17)22/h5-7,10-11,14H,8-9,12-13H2,1-4H3. The minimum atomic E-state index is -0.723. The van der Waals surface area contributed by atoms with Gasteiger partial charge in [0.15, 0.2) is 5.78 Å². The fourth-order valence-electron chi connectivity index (χ4n) is 3.86. The van der Waals surface area contributed by atoms with Crippen molar-refractivity contribution in [2.45, 2.75) is 32.1 Å². The third-order valence-corrected chi connectivity index (χ3v) is 5.02. The van der Waals surface area contributed by atoms with Crippen molar-refractivity contribution in [2.24, 2.45) is 5.92 Å². The molecule has 0 fully saturated rings. The first kappa shape index (κ1) is 17.1. The van der Waals surface area contributed by atoms with E-state index >= 15 is 0 Å². The fraction of sp³-hybridized carbons (Fsp3) is 0.476. The Balaban J connectivity index is 2.19. The maximum atomic E-state index is 13.2. The van der Waals surface area contributed by atoms with E-state index in [1.54, 1.807) is 14.2 Å². The Bertz CT molecular complexity index is 755. The van der Waals surface area contributed by atoms with Gasteiger partial charge in [0, 0.05) is 19.8 Å². The molecule has 0 atom stereocenters. The summed E-state index contributed by atoms with van der Waals surface area (Å²) in [6.07, 6.45) is 2.16. The molecular formula is C21H26O3. The minimum absolute atomic E-state index is 0.118. The number of carbonyl (C=O) groups excluding carboxylic acids is 1. The smallest absolute Gasteiger partial charge is 0.178 e. The number of hydrogen-bond donors (Lipinski definition) is 0. The minimum Gasteiger partial charge on any atom is -0.383 e. The van der Waals surface area contributed by atoms with Crippen LogP contribution in [0.1, 0.15) is 41.8 Å². The number of aryl methyl sites for hydroxylation is 1. The predicted octanol–water partition coefficient (Wildman–Crippen LogP) is 4.16. The summed E-state index contributed by atoms with van der Waals surface area (Å²) in [6, 6.07) is 10.4. The van der Waals surface area contributed by atoms with Gasteiger partial charge in [0.05, 0.1) is 13.2 Å². The van der Waals surface area contributed by atoms with Gasteiger partial charge in [-0.3, -0.25) is 4.79 Å². The zero-order valence-electron chi connectivity index (χ0n) is 15.0. The Labute approximate surface area is 144 Å². The molecule has 0 aromatic heterocycles. The molecule has 3 nitrogen and oxygen atoms in total. The Kier molecular flexibility index (Phi) is 4.75. The van der Waals surface area contributed by atoms with Crippen molar-refractivity contribution in [2.75, 3.05) is 27.4 Å². The van der Waals surface area contributed by atoms with Crippen LogP contribution < -0.4 is 0 Å². The van der Waals surface area contributed by atoms with Crippen LogP contribution in [0.4, 0.5) is 0 Å². The maximum Gasteiger partial charge on any atom is 0.178 e. The van der Waals surface area contributed by atoms with Crippen LogP contribution in [0, 0.1) is 5.92 Å². The van der Waals surface area contributed by atoms with Gasteiger partial charge in [-0.1, -0.05) is 44.2 Å². The maximum absolute atomic E-state index is 13.2. The lowest BCUT2D eigenvalue weighted by Gasteiger charge is -2.27. The lowest BCUT2D eigenvalue weighted by molar-refractivity contribution is 0.0482. The van der Waals surface area contributed by atoms with Crippen LogP contribution in [0.5, 0.6) is 0 Å². The van der Waals surface area contributed by atoms with Crippen molar-refractivity contribution in [1.29, 1.82) is 0 Å². The molecule has 1 aliphatic carbocycles. The van der Waals surface area contributed by atoms with Crippen molar-refractivity contribution >= 4 is 16.6 Å². The first-order valence-corrected chi connectivity index (χ1v) is 8.62. The summed E-state index contributed by atoms with van der Waals surface area (Å²) in [5.41, 5.74) is 2.43. The lowest BCUT2D eigenvalue weighted by atomic mass is 9.80. The number of Topliss-reactive ketones (excluding diaryl/α,β-unsaturated/α-hetero) is 1. The second-order valence-electron chi connectivity index (χ2n) is 7.26. The van der Waals surface area contributed by atoms with Gasteiger partial charge in [0.2, 0.25) is 0 Å². The summed E-state index contributed by atoms with van der Waals surface area (Å²) in [6.45, 7) is 5.16. The lowest BCUT2D eigenvalue weighted by Crippen LogP contribution is -2.41. The number of rotatable bonds is 7. The van der Waals surface area contributed by atoms with E-state index in [1.165, 1.54) is 5.56 Å². The molecule has 0 spiro atoms. The van der Waals surface area contributed by atoms with Crippen LogP contribution >= 0.6 is 0 Å². The highest BCUT2D eigenvalue weighted by Crippen LogP contribution is 2.44. The predicted molar refractivity (Wildman–Crippen MR) is 96.9 cm³/mol. The summed E-state index contributed by atoms with van der Waals surface area (Å²) in [5, 5.41) is 2.22.